The zero-order valence-electron chi connectivity index (χ0n) is 13.7. The van der Waals surface area contributed by atoms with Crippen LogP contribution in [0.2, 0.25) is 0 Å². The zero-order valence-corrected chi connectivity index (χ0v) is 13.7. The van der Waals surface area contributed by atoms with Crippen molar-refractivity contribution in [1.29, 1.82) is 0 Å². The van der Waals surface area contributed by atoms with E-state index in [1.807, 2.05) is 30.3 Å². The lowest BCUT2D eigenvalue weighted by molar-refractivity contribution is -0.137. The Balaban J connectivity index is 1.83. The molecule has 3 atom stereocenters. The third kappa shape index (κ3) is 2.68. The van der Waals surface area contributed by atoms with Gasteiger partial charge in [0.1, 0.15) is 5.75 Å². The summed E-state index contributed by atoms with van der Waals surface area (Å²) in [5.74, 6) is 0.898. The minimum atomic E-state index is -4.38. The molecule has 0 aromatic heterocycles. The van der Waals surface area contributed by atoms with Gasteiger partial charge in [0.25, 0.3) is 0 Å². The van der Waals surface area contributed by atoms with E-state index in [1.165, 1.54) is 6.07 Å². The zero-order chi connectivity index (χ0) is 17.6. The number of benzene rings is 2. The van der Waals surface area contributed by atoms with E-state index in [0.29, 0.717) is 5.75 Å². The predicted molar refractivity (Wildman–Crippen MR) is 90.8 cm³/mol. The van der Waals surface area contributed by atoms with Crippen molar-refractivity contribution in [2.75, 3.05) is 12.4 Å². The minimum absolute atomic E-state index is 0.00486. The number of rotatable bonds is 2. The van der Waals surface area contributed by atoms with Crippen molar-refractivity contribution < 1.29 is 17.9 Å². The van der Waals surface area contributed by atoms with Gasteiger partial charge in [0.05, 0.1) is 24.4 Å². The maximum atomic E-state index is 13.5. The van der Waals surface area contributed by atoms with E-state index >= 15 is 0 Å². The van der Waals surface area contributed by atoms with Crippen molar-refractivity contribution in [1.82, 2.24) is 0 Å². The molecule has 2 aromatic rings. The van der Waals surface area contributed by atoms with E-state index in [4.69, 9.17) is 4.74 Å². The minimum Gasteiger partial charge on any atom is -0.497 e. The van der Waals surface area contributed by atoms with Gasteiger partial charge in [-0.05, 0) is 41.7 Å². The summed E-state index contributed by atoms with van der Waals surface area (Å²) in [6.07, 6.45) is 0.568. The maximum Gasteiger partial charge on any atom is 0.418 e. The Morgan fingerprint density at radius 1 is 1.12 bits per heavy atom. The number of para-hydroxylation sites is 1. The molecule has 25 heavy (non-hydrogen) atoms. The maximum absolute atomic E-state index is 13.5. The molecule has 5 heteroatoms. The normalized spacial score (nSPS) is 24.4. The molecule has 2 aliphatic rings. The van der Waals surface area contributed by atoms with Gasteiger partial charge in [-0.1, -0.05) is 36.4 Å². The van der Waals surface area contributed by atoms with E-state index in [2.05, 4.69) is 11.4 Å². The first-order valence-corrected chi connectivity index (χ1v) is 8.26. The molecule has 0 saturated heterocycles. The van der Waals surface area contributed by atoms with Crippen LogP contribution in [0, 0.1) is 5.92 Å². The van der Waals surface area contributed by atoms with Crippen LogP contribution in [0.4, 0.5) is 18.9 Å². The number of anilines is 1. The number of fused-ring (bicyclic) bond motifs is 3. The molecule has 0 unspecified atom stereocenters. The molecule has 2 aromatic carbocycles. The highest BCUT2D eigenvalue weighted by molar-refractivity contribution is 5.65. The fraction of sp³-hybridized carbons (Fsp3) is 0.300. The van der Waals surface area contributed by atoms with Gasteiger partial charge < -0.3 is 10.1 Å². The molecule has 0 bridgehead atoms. The summed E-state index contributed by atoms with van der Waals surface area (Å²) in [7, 11) is 1.59. The molecule has 1 aliphatic heterocycles. The molecule has 0 fully saturated rings. The largest absolute Gasteiger partial charge is 0.497 e. The first kappa shape index (κ1) is 16.1. The Morgan fingerprint density at radius 2 is 1.92 bits per heavy atom. The van der Waals surface area contributed by atoms with Gasteiger partial charge in [0.2, 0.25) is 0 Å². The van der Waals surface area contributed by atoms with Crippen LogP contribution in [-0.4, -0.2) is 7.11 Å². The lowest BCUT2D eigenvalue weighted by Gasteiger charge is -2.38. The number of alkyl halides is 3. The summed E-state index contributed by atoms with van der Waals surface area (Å²) < 4.78 is 45.8. The van der Waals surface area contributed by atoms with Crippen molar-refractivity contribution in [3.8, 4) is 5.75 Å². The van der Waals surface area contributed by atoms with Gasteiger partial charge in [-0.3, -0.25) is 0 Å². The summed E-state index contributed by atoms with van der Waals surface area (Å²) >= 11 is 0. The smallest absolute Gasteiger partial charge is 0.418 e. The third-order valence-electron chi connectivity index (χ3n) is 5.16. The Bertz CT molecular complexity index is 828. The van der Waals surface area contributed by atoms with Crippen molar-refractivity contribution in [2.45, 2.75) is 24.6 Å². The van der Waals surface area contributed by atoms with Crippen molar-refractivity contribution in [2.24, 2.45) is 5.92 Å². The SMILES string of the molecule is COc1cccc([C@@H]2Nc3c(cccc3C(F)(F)F)[C@H]3C=CC[C@@H]32)c1. The fourth-order valence-electron chi connectivity index (χ4n) is 4.02. The summed E-state index contributed by atoms with van der Waals surface area (Å²) in [5.41, 5.74) is 1.28. The van der Waals surface area contributed by atoms with Gasteiger partial charge in [0.15, 0.2) is 0 Å². The molecular weight excluding hydrogens is 327 g/mol. The highest BCUT2D eigenvalue weighted by atomic mass is 19.4. The number of nitrogens with one attached hydrogen (secondary N) is 1. The molecule has 1 heterocycles. The van der Waals surface area contributed by atoms with Gasteiger partial charge in [-0.15, -0.1) is 0 Å². The highest BCUT2D eigenvalue weighted by Crippen LogP contribution is 2.52. The van der Waals surface area contributed by atoms with Crippen LogP contribution in [0.3, 0.4) is 0 Å². The molecule has 2 nitrogen and oxygen atoms in total. The van der Waals surface area contributed by atoms with Crippen LogP contribution in [0.5, 0.6) is 5.75 Å². The molecule has 1 aliphatic carbocycles. The second kappa shape index (κ2) is 5.83. The molecular formula is C20H18F3NO. The van der Waals surface area contributed by atoms with Crippen LogP contribution < -0.4 is 10.1 Å². The number of hydrogen-bond donors (Lipinski definition) is 1. The Morgan fingerprint density at radius 3 is 2.68 bits per heavy atom. The first-order chi connectivity index (χ1) is 12.0. The monoisotopic (exact) mass is 345 g/mol. The van der Waals surface area contributed by atoms with Crippen molar-refractivity contribution in [3.63, 3.8) is 0 Å². The van der Waals surface area contributed by atoms with Gasteiger partial charge in [-0.25, -0.2) is 0 Å². The van der Waals surface area contributed by atoms with Crippen LogP contribution in [0.1, 0.15) is 35.1 Å². The fourth-order valence-corrected chi connectivity index (χ4v) is 4.02. The van der Waals surface area contributed by atoms with Crippen molar-refractivity contribution >= 4 is 5.69 Å². The molecule has 0 radical (unpaired) electrons. The second-order valence-corrected chi connectivity index (χ2v) is 6.52. The highest BCUT2D eigenvalue weighted by Gasteiger charge is 2.42. The summed E-state index contributed by atoms with van der Waals surface area (Å²) in [6.45, 7) is 0. The Labute approximate surface area is 144 Å². The van der Waals surface area contributed by atoms with E-state index in [1.54, 1.807) is 13.2 Å². The van der Waals surface area contributed by atoms with E-state index in [9.17, 15) is 13.2 Å². The standard InChI is InChI=1S/C20H18F3NO/c1-25-13-6-2-5-12(11-13)18-15-8-3-7-14(15)16-9-4-10-17(19(16)24-18)20(21,22)23/h2-7,9-11,14-15,18,24H,8H2,1H3/t14-,15-,18-/m0/s1. The first-order valence-electron chi connectivity index (χ1n) is 8.26. The average Bonchev–Trinajstić information content (AvgIpc) is 3.09. The molecule has 130 valence electrons. The van der Waals surface area contributed by atoms with E-state index in [-0.39, 0.29) is 23.6 Å². The van der Waals surface area contributed by atoms with E-state index < -0.39 is 11.7 Å². The summed E-state index contributed by atoms with van der Waals surface area (Å²) in [5, 5.41) is 3.20. The summed E-state index contributed by atoms with van der Waals surface area (Å²) in [6, 6.07) is 11.8. The van der Waals surface area contributed by atoms with Gasteiger partial charge in [-0.2, -0.15) is 13.2 Å². The quantitative estimate of drug-likeness (QED) is 0.722. The molecule has 0 spiro atoms. The number of ether oxygens (including phenoxy) is 1. The van der Waals surface area contributed by atoms with E-state index in [0.717, 1.165) is 23.6 Å². The van der Waals surface area contributed by atoms with Gasteiger partial charge in [0, 0.05) is 5.92 Å². The second-order valence-electron chi connectivity index (χ2n) is 6.52. The average molecular weight is 345 g/mol. The number of allylic oxidation sites excluding steroid dienone is 2. The lowest BCUT2D eigenvalue weighted by atomic mass is 9.76. The third-order valence-corrected chi connectivity index (χ3v) is 5.16. The molecule has 4 rings (SSSR count). The molecule has 1 N–H and O–H groups in total. The van der Waals surface area contributed by atoms with Gasteiger partial charge >= 0.3 is 6.18 Å². The number of hydrogen-bond acceptors (Lipinski definition) is 2. The van der Waals surface area contributed by atoms with Crippen LogP contribution >= 0.6 is 0 Å². The summed E-state index contributed by atoms with van der Waals surface area (Å²) in [4.78, 5) is 0. The molecule has 0 amide bonds. The number of methoxy groups -OCH3 is 1. The Hall–Kier alpha value is -2.43. The topological polar surface area (TPSA) is 21.3 Å². The molecule has 0 saturated carbocycles. The lowest BCUT2D eigenvalue weighted by Crippen LogP contribution is -2.30. The van der Waals surface area contributed by atoms with Crippen molar-refractivity contribution in [3.05, 3.63) is 71.3 Å². The van der Waals surface area contributed by atoms with Crippen LogP contribution in [0.25, 0.3) is 0 Å². The predicted octanol–water partition coefficient (Wildman–Crippen LogP) is 5.54. The van der Waals surface area contributed by atoms with Crippen LogP contribution in [-0.2, 0) is 6.18 Å². The number of halogens is 3. The van der Waals surface area contributed by atoms with Crippen LogP contribution in [0.15, 0.2) is 54.6 Å². The Kier molecular flexibility index (Phi) is 3.74.